The quantitative estimate of drug-likeness (QED) is 0.768. The summed E-state index contributed by atoms with van der Waals surface area (Å²) in [5.74, 6) is -0.682. The van der Waals surface area contributed by atoms with Crippen LogP contribution in [-0.4, -0.2) is 16.6 Å². The van der Waals surface area contributed by atoms with Gasteiger partial charge in [-0.3, -0.25) is 4.79 Å². The lowest BCUT2D eigenvalue weighted by atomic mass is 10.2. The van der Waals surface area contributed by atoms with Crippen molar-refractivity contribution < 1.29 is 15.4 Å². The Morgan fingerprint density at radius 1 is 1.17 bits per heavy atom. The van der Waals surface area contributed by atoms with E-state index in [4.69, 9.17) is 5.11 Å². The number of rotatable bonds is 4. The summed E-state index contributed by atoms with van der Waals surface area (Å²) in [6.07, 6.45) is 3.28. The molecule has 0 radical (unpaired) electrons. The monoisotopic (exact) mass is 242 g/mol. The molecule has 0 saturated heterocycles. The van der Waals surface area contributed by atoms with Crippen molar-refractivity contribution >= 4 is 43.2 Å². The molecular weight excluding hydrogens is 226 g/mol. The summed E-state index contributed by atoms with van der Waals surface area (Å²) in [5, 5.41) is 8.14. The molecular formula is C6H17Cl3O3. The molecule has 0 atom stereocenters. The molecule has 6 heteroatoms. The molecule has 0 aromatic heterocycles. The summed E-state index contributed by atoms with van der Waals surface area (Å²) in [5.41, 5.74) is 0. The number of hydrogen-bond donors (Lipinski definition) is 1. The molecule has 0 aliphatic heterocycles. The summed E-state index contributed by atoms with van der Waals surface area (Å²) in [6, 6.07) is 0. The summed E-state index contributed by atoms with van der Waals surface area (Å²) in [6.45, 7) is 2.06. The minimum atomic E-state index is -0.682. The average molecular weight is 244 g/mol. The second-order valence-electron chi connectivity index (χ2n) is 1.85. The van der Waals surface area contributed by atoms with E-state index in [1.807, 2.05) is 0 Å². The van der Waals surface area contributed by atoms with Gasteiger partial charge < -0.3 is 10.6 Å². The Balaban J connectivity index is -0.0000000408. The molecule has 3 nitrogen and oxygen atoms in total. The molecule has 0 aromatic carbocycles. The highest BCUT2D eigenvalue weighted by Gasteiger charge is 1.92. The molecule has 0 fully saturated rings. The largest absolute Gasteiger partial charge is 0.481 e. The molecule has 0 amide bonds. The first kappa shape index (κ1) is 29.5. The van der Waals surface area contributed by atoms with E-state index in [-0.39, 0.29) is 42.7 Å². The minimum Gasteiger partial charge on any atom is -0.481 e. The summed E-state index contributed by atoms with van der Waals surface area (Å²) in [7, 11) is 0. The second-order valence-corrected chi connectivity index (χ2v) is 1.85. The van der Waals surface area contributed by atoms with Crippen molar-refractivity contribution in [2.24, 2.45) is 0 Å². The Kier molecular flexibility index (Phi) is 55.3. The number of halogens is 3. The van der Waals surface area contributed by atoms with Crippen LogP contribution in [0.5, 0.6) is 0 Å². The van der Waals surface area contributed by atoms with Crippen LogP contribution >= 0.6 is 37.2 Å². The SMILES string of the molecule is CCCCCC(=O)O.Cl.Cl.Cl.O. The fourth-order valence-corrected chi connectivity index (χ4v) is 0.526. The zero-order valence-corrected chi connectivity index (χ0v) is 9.36. The van der Waals surface area contributed by atoms with Crippen molar-refractivity contribution in [3.8, 4) is 0 Å². The van der Waals surface area contributed by atoms with Crippen LogP contribution in [0.15, 0.2) is 0 Å². The van der Waals surface area contributed by atoms with Crippen molar-refractivity contribution in [3.63, 3.8) is 0 Å². The Hall–Kier alpha value is 0.300. The normalized spacial score (nSPS) is 6.08. The molecule has 80 valence electrons. The Labute approximate surface area is 91.5 Å². The van der Waals surface area contributed by atoms with E-state index in [9.17, 15) is 4.79 Å². The molecule has 0 heterocycles. The fraction of sp³-hybridized carbons (Fsp3) is 0.833. The number of aliphatic carboxylic acids is 1. The van der Waals surface area contributed by atoms with E-state index < -0.39 is 5.97 Å². The topological polar surface area (TPSA) is 68.8 Å². The number of hydrogen-bond acceptors (Lipinski definition) is 1. The van der Waals surface area contributed by atoms with Gasteiger partial charge in [-0.05, 0) is 6.42 Å². The molecule has 12 heavy (non-hydrogen) atoms. The molecule has 0 unspecified atom stereocenters. The lowest BCUT2D eigenvalue weighted by molar-refractivity contribution is -0.137. The van der Waals surface area contributed by atoms with Crippen molar-refractivity contribution in [1.82, 2.24) is 0 Å². The highest BCUT2D eigenvalue weighted by molar-refractivity contribution is 5.86. The standard InChI is InChI=1S/C6H12O2.3ClH.H2O/c1-2-3-4-5-6(7)8;;;;/h2-5H2,1H3,(H,7,8);3*1H;1H2. The van der Waals surface area contributed by atoms with Crippen LogP contribution in [0.2, 0.25) is 0 Å². The second kappa shape index (κ2) is 22.5. The highest BCUT2D eigenvalue weighted by Crippen LogP contribution is 1.97. The zero-order chi connectivity index (χ0) is 6.41. The van der Waals surface area contributed by atoms with Gasteiger partial charge in [-0.15, -0.1) is 37.2 Å². The first-order valence-corrected chi connectivity index (χ1v) is 2.99. The average Bonchev–Trinajstić information content (AvgIpc) is 1.66. The third-order valence-corrected chi connectivity index (χ3v) is 0.994. The van der Waals surface area contributed by atoms with Gasteiger partial charge in [0, 0.05) is 6.42 Å². The van der Waals surface area contributed by atoms with Crippen molar-refractivity contribution in [2.75, 3.05) is 0 Å². The van der Waals surface area contributed by atoms with Crippen LogP contribution in [0.4, 0.5) is 0 Å². The summed E-state index contributed by atoms with van der Waals surface area (Å²) < 4.78 is 0. The third kappa shape index (κ3) is 31.7. The van der Waals surface area contributed by atoms with E-state index >= 15 is 0 Å². The molecule has 0 saturated carbocycles. The lowest BCUT2D eigenvalue weighted by Crippen LogP contribution is -1.92. The van der Waals surface area contributed by atoms with Crippen molar-refractivity contribution in [2.45, 2.75) is 32.6 Å². The van der Waals surface area contributed by atoms with E-state index in [2.05, 4.69) is 6.92 Å². The number of carboxylic acids is 1. The third-order valence-electron chi connectivity index (χ3n) is 0.994. The van der Waals surface area contributed by atoms with Crippen LogP contribution in [0.1, 0.15) is 32.6 Å². The highest BCUT2D eigenvalue weighted by atomic mass is 35.5. The maximum atomic E-state index is 9.87. The molecule has 0 aliphatic carbocycles. The first-order chi connectivity index (χ1) is 3.77. The maximum absolute atomic E-state index is 9.87. The van der Waals surface area contributed by atoms with Gasteiger partial charge >= 0.3 is 5.97 Å². The van der Waals surface area contributed by atoms with E-state index in [1.54, 1.807) is 0 Å². The van der Waals surface area contributed by atoms with Crippen LogP contribution in [-0.2, 0) is 4.79 Å². The molecule has 3 N–H and O–H groups in total. The summed E-state index contributed by atoms with van der Waals surface area (Å²) in [4.78, 5) is 9.87. The van der Waals surface area contributed by atoms with Gasteiger partial charge in [0.25, 0.3) is 0 Å². The van der Waals surface area contributed by atoms with Gasteiger partial charge in [0.15, 0.2) is 0 Å². The van der Waals surface area contributed by atoms with Gasteiger partial charge in [-0.2, -0.15) is 0 Å². The van der Waals surface area contributed by atoms with Gasteiger partial charge in [0.1, 0.15) is 0 Å². The lowest BCUT2D eigenvalue weighted by Gasteiger charge is -1.89. The maximum Gasteiger partial charge on any atom is 0.303 e. The Morgan fingerprint density at radius 3 is 1.83 bits per heavy atom. The molecule has 0 aromatic rings. The van der Waals surface area contributed by atoms with Crippen molar-refractivity contribution in [1.29, 1.82) is 0 Å². The van der Waals surface area contributed by atoms with Gasteiger partial charge in [0.2, 0.25) is 0 Å². The smallest absolute Gasteiger partial charge is 0.303 e. The molecule has 0 rings (SSSR count). The fourth-order valence-electron chi connectivity index (χ4n) is 0.526. The summed E-state index contributed by atoms with van der Waals surface area (Å²) >= 11 is 0. The number of carboxylic acid groups (broad SMARTS) is 1. The Morgan fingerprint density at radius 2 is 1.58 bits per heavy atom. The predicted octanol–water partition coefficient (Wildman–Crippen LogP) is 2.09. The Bertz CT molecular complexity index is 80.4. The van der Waals surface area contributed by atoms with E-state index in [0.29, 0.717) is 6.42 Å². The first-order valence-electron chi connectivity index (χ1n) is 2.99. The van der Waals surface area contributed by atoms with E-state index in [0.717, 1.165) is 19.3 Å². The number of carbonyl (C=O) groups is 1. The van der Waals surface area contributed by atoms with Crippen LogP contribution in [0.25, 0.3) is 0 Å². The predicted molar refractivity (Wildman–Crippen MR) is 57.1 cm³/mol. The van der Waals surface area contributed by atoms with Gasteiger partial charge in [0.05, 0.1) is 0 Å². The minimum absolute atomic E-state index is 0. The van der Waals surface area contributed by atoms with Gasteiger partial charge in [-0.25, -0.2) is 0 Å². The van der Waals surface area contributed by atoms with Crippen LogP contribution in [0, 0.1) is 0 Å². The molecule has 0 aliphatic rings. The zero-order valence-electron chi connectivity index (χ0n) is 6.91. The molecule has 0 bridgehead atoms. The van der Waals surface area contributed by atoms with Gasteiger partial charge in [-0.1, -0.05) is 19.8 Å². The van der Waals surface area contributed by atoms with Crippen molar-refractivity contribution in [3.05, 3.63) is 0 Å². The van der Waals surface area contributed by atoms with E-state index in [1.165, 1.54) is 0 Å². The van der Waals surface area contributed by atoms with Crippen LogP contribution in [0.3, 0.4) is 0 Å². The number of unbranched alkanes of at least 4 members (excludes halogenated alkanes) is 2. The van der Waals surface area contributed by atoms with Crippen LogP contribution < -0.4 is 0 Å². The molecule has 0 spiro atoms.